The lowest BCUT2D eigenvalue weighted by molar-refractivity contribution is 0.0599. The molecule has 2 aromatic carbocycles. The lowest BCUT2D eigenvalue weighted by Crippen LogP contribution is -2.34. The summed E-state index contributed by atoms with van der Waals surface area (Å²) >= 11 is 0. The van der Waals surface area contributed by atoms with E-state index in [0.29, 0.717) is 29.4 Å². The van der Waals surface area contributed by atoms with Gasteiger partial charge in [0, 0.05) is 13.1 Å². The summed E-state index contributed by atoms with van der Waals surface area (Å²) in [7, 11) is 6.50. The van der Waals surface area contributed by atoms with E-state index in [0.717, 1.165) is 18.5 Å². The summed E-state index contributed by atoms with van der Waals surface area (Å²) in [6.45, 7) is 1.36. The van der Waals surface area contributed by atoms with Crippen LogP contribution in [0.25, 0.3) is 0 Å². The van der Waals surface area contributed by atoms with Crippen LogP contribution < -0.4 is 14.2 Å². The molecule has 0 aliphatic rings. The fourth-order valence-corrected chi connectivity index (χ4v) is 2.88. The number of carbonyl (C=O) groups is 1. The largest absolute Gasteiger partial charge is 0.493 e. The number of nitrogens with zero attached hydrogens (tertiary/aromatic N) is 1. The molecule has 158 valence electrons. The average molecular weight is 403 g/mol. The van der Waals surface area contributed by atoms with Crippen molar-refractivity contribution in [3.63, 3.8) is 0 Å². The minimum Gasteiger partial charge on any atom is -0.493 e. The average Bonchev–Trinajstić information content (AvgIpc) is 2.75. The van der Waals surface area contributed by atoms with Gasteiger partial charge < -0.3 is 29.0 Å². The quantitative estimate of drug-likeness (QED) is 0.577. The van der Waals surface area contributed by atoms with Crippen LogP contribution in [0.5, 0.6) is 17.2 Å². The fourth-order valence-electron chi connectivity index (χ4n) is 2.88. The van der Waals surface area contributed by atoms with Gasteiger partial charge in [-0.15, -0.1) is 0 Å². The topological polar surface area (TPSA) is 77.5 Å². The monoisotopic (exact) mass is 403 g/mol. The highest BCUT2D eigenvalue weighted by Gasteiger charge is 2.12. The number of aliphatic hydroxyl groups excluding tert-OH is 1. The molecule has 0 bridgehead atoms. The van der Waals surface area contributed by atoms with Crippen LogP contribution in [0.15, 0.2) is 42.5 Å². The molecule has 0 saturated heterocycles. The van der Waals surface area contributed by atoms with Gasteiger partial charge in [-0.25, -0.2) is 4.79 Å². The summed E-state index contributed by atoms with van der Waals surface area (Å²) < 4.78 is 20.9. The lowest BCUT2D eigenvalue weighted by atomic mass is 10.1. The summed E-state index contributed by atoms with van der Waals surface area (Å²) in [5.41, 5.74) is 1.53. The molecule has 29 heavy (non-hydrogen) atoms. The predicted octanol–water partition coefficient (Wildman–Crippen LogP) is 2.40. The van der Waals surface area contributed by atoms with Gasteiger partial charge in [0.2, 0.25) is 0 Å². The second-order valence-corrected chi connectivity index (χ2v) is 6.69. The van der Waals surface area contributed by atoms with Crippen LogP contribution in [0.2, 0.25) is 0 Å². The third-order valence-electron chi connectivity index (χ3n) is 4.45. The van der Waals surface area contributed by atoms with Gasteiger partial charge in [-0.1, -0.05) is 12.1 Å². The number of ether oxygens (including phenoxy) is 4. The predicted molar refractivity (Wildman–Crippen MR) is 110 cm³/mol. The molecule has 1 N–H and O–H groups in total. The Balaban J connectivity index is 1.79. The van der Waals surface area contributed by atoms with E-state index < -0.39 is 12.1 Å². The molecular weight excluding hydrogens is 374 g/mol. The molecule has 0 fully saturated rings. The molecule has 7 nitrogen and oxygen atoms in total. The number of methoxy groups -OCH3 is 3. The van der Waals surface area contributed by atoms with Gasteiger partial charge in [0.15, 0.2) is 11.5 Å². The van der Waals surface area contributed by atoms with E-state index in [2.05, 4.69) is 0 Å². The van der Waals surface area contributed by atoms with Crippen LogP contribution in [-0.2, 0) is 11.2 Å². The molecule has 0 aromatic heterocycles. The van der Waals surface area contributed by atoms with Crippen molar-refractivity contribution in [2.24, 2.45) is 0 Å². The maximum Gasteiger partial charge on any atom is 0.337 e. The Morgan fingerprint density at radius 3 is 2.52 bits per heavy atom. The van der Waals surface area contributed by atoms with Gasteiger partial charge in [0.1, 0.15) is 18.5 Å². The first-order valence-corrected chi connectivity index (χ1v) is 9.35. The van der Waals surface area contributed by atoms with Crippen molar-refractivity contribution in [1.29, 1.82) is 0 Å². The number of benzene rings is 2. The molecule has 0 aliphatic carbocycles. The molecule has 2 rings (SSSR count). The van der Waals surface area contributed by atoms with Crippen molar-refractivity contribution in [3.8, 4) is 17.2 Å². The molecule has 7 heteroatoms. The Hall–Kier alpha value is -2.77. The number of rotatable bonds is 11. The normalized spacial score (nSPS) is 11.8. The smallest absolute Gasteiger partial charge is 0.337 e. The van der Waals surface area contributed by atoms with Gasteiger partial charge in [-0.3, -0.25) is 0 Å². The highest BCUT2D eigenvalue weighted by atomic mass is 16.5. The summed E-state index contributed by atoms with van der Waals surface area (Å²) in [6.07, 6.45) is 0.151. The highest BCUT2D eigenvalue weighted by molar-refractivity contribution is 5.89. The molecular formula is C22H29NO6. The molecule has 0 aliphatic heterocycles. The summed E-state index contributed by atoms with van der Waals surface area (Å²) in [6, 6.07) is 12.5. The van der Waals surface area contributed by atoms with Crippen LogP contribution in [-0.4, -0.2) is 70.2 Å². The first-order chi connectivity index (χ1) is 14.0. The van der Waals surface area contributed by atoms with Gasteiger partial charge in [0.05, 0.1) is 26.9 Å². The number of hydrogen-bond donors (Lipinski definition) is 1. The highest BCUT2D eigenvalue weighted by Crippen LogP contribution is 2.27. The van der Waals surface area contributed by atoms with E-state index >= 15 is 0 Å². The number of carbonyl (C=O) groups excluding carboxylic acids is 1. The van der Waals surface area contributed by atoms with Crippen molar-refractivity contribution in [2.75, 3.05) is 48.1 Å². The van der Waals surface area contributed by atoms with Gasteiger partial charge in [-0.2, -0.15) is 0 Å². The minimum absolute atomic E-state index is 0.130. The molecule has 1 atom stereocenters. The zero-order valence-electron chi connectivity index (χ0n) is 17.4. The standard InChI is InChI=1S/C22H29NO6/c1-23(11-10-16-8-9-20(26-2)21(12-16)27-3)14-18(24)15-29-19-7-5-6-17(13-19)22(25)28-4/h5-9,12-13,18,24H,10-11,14-15H2,1-4H3. The third-order valence-corrected chi connectivity index (χ3v) is 4.45. The summed E-state index contributed by atoms with van der Waals surface area (Å²) in [4.78, 5) is 13.6. The third kappa shape index (κ3) is 6.96. The summed E-state index contributed by atoms with van der Waals surface area (Å²) in [5, 5.41) is 10.3. The molecule has 0 spiro atoms. The Labute approximate surface area is 171 Å². The van der Waals surface area contributed by atoms with Crippen molar-refractivity contribution in [2.45, 2.75) is 12.5 Å². The SMILES string of the molecule is COC(=O)c1cccc(OCC(O)CN(C)CCc2ccc(OC)c(OC)c2)c1. The maximum atomic E-state index is 11.6. The Morgan fingerprint density at radius 1 is 1.07 bits per heavy atom. The second kappa shape index (κ2) is 11.3. The van der Waals surface area contributed by atoms with E-state index in [1.807, 2.05) is 30.1 Å². The molecule has 0 radical (unpaired) electrons. The Morgan fingerprint density at radius 2 is 1.83 bits per heavy atom. The van der Waals surface area contributed by atoms with Crippen LogP contribution in [0.4, 0.5) is 0 Å². The van der Waals surface area contributed by atoms with E-state index in [9.17, 15) is 9.90 Å². The van der Waals surface area contributed by atoms with Gasteiger partial charge in [0.25, 0.3) is 0 Å². The first kappa shape index (κ1) is 22.5. The van der Waals surface area contributed by atoms with Crippen molar-refractivity contribution in [1.82, 2.24) is 4.90 Å². The number of hydrogen-bond acceptors (Lipinski definition) is 7. The van der Waals surface area contributed by atoms with Crippen LogP contribution in [0, 0.1) is 0 Å². The van der Waals surface area contributed by atoms with Gasteiger partial charge >= 0.3 is 5.97 Å². The van der Waals surface area contributed by atoms with E-state index in [4.69, 9.17) is 18.9 Å². The fraction of sp³-hybridized carbons (Fsp3) is 0.409. The van der Waals surface area contributed by atoms with E-state index in [1.165, 1.54) is 7.11 Å². The molecule has 0 amide bonds. The molecule has 1 unspecified atom stereocenters. The maximum absolute atomic E-state index is 11.6. The Kier molecular flexibility index (Phi) is 8.76. The van der Waals surface area contributed by atoms with Gasteiger partial charge in [-0.05, 0) is 49.4 Å². The lowest BCUT2D eigenvalue weighted by Gasteiger charge is -2.21. The van der Waals surface area contributed by atoms with Crippen LogP contribution in [0.3, 0.4) is 0 Å². The second-order valence-electron chi connectivity index (χ2n) is 6.69. The zero-order chi connectivity index (χ0) is 21.2. The number of esters is 1. The van der Waals surface area contributed by atoms with Crippen LogP contribution >= 0.6 is 0 Å². The summed E-state index contributed by atoms with van der Waals surface area (Å²) in [5.74, 6) is 1.49. The van der Waals surface area contributed by atoms with Crippen LogP contribution in [0.1, 0.15) is 15.9 Å². The van der Waals surface area contributed by atoms with Crippen molar-refractivity contribution < 1.29 is 28.8 Å². The number of likely N-dealkylation sites (N-methyl/N-ethyl adjacent to an activating group) is 1. The Bertz CT molecular complexity index is 795. The molecule has 0 heterocycles. The van der Waals surface area contributed by atoms with Crippen molar-refractivity contribution in [3.05, 3.63) is 53.6 Å². The van der Waals surface area contributed by atoms with Crippen molar-refractivity contribution >= 4 is 5.97 Å². The van der Waals surface area contributed by atoms with E-state index in [1.54, 1.807) is 38.5 Å². The molecule has 0 saturated carbocycles. The van der Waals surface area contributed by atoms with E-state index in [-0.39, 0.29) is 6.61 Å². The zero-order valence-corrected chi connectivity index (χ0v) is 17.4. The minimum atomic E-state index is -0.660. The molecule has 2 aromatic rings. The first-order valence-electron chi connectivity index (χ1n) is 9.35. The number of aliphatic hydroxyl groups is 1.